The van der Waals surface area contributed by atoms with Gasteiger partial charge < -0.3 is 32.5 Å². The summed E-state index contributed by atoms with van der Waals surface area (Å²) in [5, 5.41) is 24.4. The lowest BCUT2D eigenvalue weighted by molar-refractivity contribution is -0.147. The van der Waals surface area contributed by atoms with E-state index in [0.717, 1.165) is 0 Å². The second kappa shape index (κ2) is 6.05. The predicted octanol–water partition coefficient (Wildman–Crippen LogP) is -0.316. The first-order valence-corrected chi connectivity index (χ1v) is 4.31. The number of nitrogens with two attached hydrogens (primary N) is 3. The summed E-state index contributed by atoms with van der Waals surface area (Å²) in [5.41, 5.74) is 17.0. The highest BCUT2D eigenvalue weighted by Gasteiger charge is 2.01. The standard InChI is InChI=1S/C6H9N3O.C3H4O4/c7-3-1-5(9)6(10)2-4(3)8;4-2(5)1-3(6)7/h1-2,10H,7-9H2;1H2,(H,4,5)(H,6,7). The molecule has 94 valence electrons. The zero-order chi connectivity index (χ0) is 13.6. The predicted molar refractivity (Wildman–Crippen MR) is 61.2 cm³/mol. The minimum absolute atomic E-state index is 0.0355. The van der Waals surface area contributed by atoms with Gasteiger partial charge in [0.1, 0.15) is 12.2 Å². The minimum atomic E-state index is -1.31. The number of phenols is 1. The van der Waals surface area contributed by atoms with Crippen LogP contribution < -0.4 is 17.2 Å². The van der Waals surface area contributed by atoms with E-state index in [0.29, 0.717) is 11.4 Å². The topological polar surface area (TPSA) is 173 Å². The van der Waals surface area contributed by atoms with E-state index in [4.69, 9.17) is 32.5 Å². The van der Waals surface area contributed by atoms with Gasteiger partial charge in [0.25, 0.3) is 0 Å². The fourth-order valence-corrected chi connectivity index (χ4v) is 0.768. The van der Waals surface area contributed by atoms with E-state index in [2.05, 4.69) is 0 Å². The number of aromatic hydroxyl groups is 1. The highest BCUT2D eigenvalue weighted by Crippen LogP contribution is 2.27. The average Bonchev–Trinajstić information content (AvgIpc) is 2.13. The molecule has 8 heteroatoms. The fourth-order valence-electron chi connectivity index (χ4n) is 0.768. The molecule has 8 nitrogen and oxygen atoms in total. The Bertz CT molecular complexity index is 371. The quantitative estimate of drug-likeness (QED) is 0.177. The minimum Gasteiger partial charge on any atom is -0.506 e. The molecule has 0 aliphatic carbocycles. The monoisotopic (exact) mass is 243 g/mol. The second-order valence-electron chi connectivity index (χ2n) is 3.00. The van der Waals surface area contributed by atoms with Gasteiger partial charge in [0.05, 0.1) is 17.1 Å². The molecule has 0 atom stereocenters. The number of carboxylic acid groups (broad SMARTS) is 2. The Kier molecular flexibility index (Phi) is 5.11. The summed E-state index contributed by atoms with van der Waals surface area (Å²) in [4.78, 5) is 18.9. The first kappa shape index (κ1) is 14.4. The van der Waals surface area contributed by atoms with Crippen LogP contribution in [-0.2, 0) is 9.59 Å². The fraction of sp³-hybridized carbons (Fsp3) is 0.111. The summed E-state index contributed by atoms with van der Waals surface area (Å²) >= 11 is 0. The molecule has 0 saturated heterocycles. The number of nitrogen functional groups attached to an aromatic ring is 3. The van der Waals surface area contributed by atoms with Crippen molar-refractivity contribution in [2.24, 2.45) is 0 Å². The molecule has 0 aliphatic heterocycles. The molecule has 1 aromatic rings. The number of hydrogen-bond donors (Lipinski definition) is 6. The number of carboxylic acids is 2. The maximum absolute atomic E-state index is 9.43. The highest BCUT2D eigenvalue weighted by atomic mass is 16.4. The molecule has 0 radical (unpaired) electrons. The molecule has 17 heavy (non-hydrogen) atoms. The van der Waals surface area contributed by atoms with E-state index in [1.165, 1.54) is 12.1 Å². The van der Waals surface area contributed by atoms with Crippen molar-refractivity contribution >= 4 is 29.0 Å². The summed E-state index contributed by atoms with van der Waals surface area (Å²) in [6.07, 6.45) is -0.806. The summed E-state index contributed by atoms with van der Waals surface area (Å²) in [7, 11) is 0. The van der Waals surface area contributed by atoms with Gasteiger partial charge in [-0.2, -0.15) is 0 Å². The van der Waals surface area contributed by atoms with Gasteiger partial charge in [-0.3, -0.25) is 9.59 Å². The summed E-state index contributed by atoms with van der Waals surface area (Å²) in [6, 6.07) is 2.75. The van der Waals surface area contributed by atoms with Crippen LogP contribution in [0.1, 0.15) is 6.42 Å². The third-order valence-electron chi connectivity index (χ3n) is 1.53. The van der Waals surface area contributed by atoms with E-state index < -0.39 is 18.4 Å². The largest absolute Gasteiger partial charge is 0.506 e. The van der Waals surface area contributed by atoms with Crippen molar-refractivity contribution in [2.45, 2.75) is 6.42 Å². The molecule has 0 fully saturated rings. The summed E-state index contributed by atoms with van der Waals surface area (Å²) < 4.78 is 0. The smallest absolute Gasteiger partial charge is 0.314 e. The lowest BCUT2D eigenvalue weighted by Crippen LogP contribution is -2.03. The lowest BCUT2D eigenvalue weighted by Gasteiger charge is -2.02. The van der Waals surface area contributed by atoms with Gasteiger partial charge in [-0.15, -0.1) is 0 Å². The number of hydrogen-bond acceptors (Lipinski definition) is 6. The number of carbonyl (C=O) groups is 2. The van der Waals surface area contributed by atoms with Gasteiger partial charge in [0.2, 0.25) is 0 Å². The Morgan fingerprint density at radius 2 is 1.35 bits per heavy atom. The maximum Gasteiger partial charge on any atom is 0.314 e. The zero-order valence-electron chi connectivity index (χ0n) is 8.75. The van der Waals surface area contributed by atoms with E-state index in [-0.39, 0.29) is 11.4 Å². The van der Waals surface area contributed by atoms with E-state index in [1.807, 2.05) is 0 Å². The van der Waals surface area contributed by atoms with Crippen molar-refractivity contribution in [3.63, 3.8) is 0 Å². The van der Waals surface area contributed by atoms with Crippen molar-refractivity contribution in [2.75, 3.05) is 17.2 Å². The molecule has 0 unspecified atom stereocenters. The van der Waals surface area contributed by atoms with Crippen molar-refractivity contribution in [3.8, 4) is 5.75 Å². The Hall–Kier alpha value is -2.64. The molecule has 0 saturated carbocycles. The second-order valence-corrected chi connectivity index (χ2v) is 3.00. The van der Waals surface area contributed by atoms with Crippen molar-refractivity contribution in [1.82, 2.24) is 0 Å². The first-order chi connectivity index (χ1) is 7.73. The summed E-state index contributed by atoms with van der Waals surface area (Å²) in [5.74, 6) is -2.66. The Labute approximate surface area is 96.3 Å². The molecule has 0 amide bonds. The van der Waals surface area contributed by atoms with Crippen LogP contribution in [0.3, 0.4) is 0 Å². The van der Waals surface area contributed by atoms with E-state index >= 15 is 0 Å². The Balaban J connectivity index is 0.000000325. The molecule has 0 spiro atoms. The van der Waals surface area contributed by atoms with Crippen LogP contribution in [0.15, 0.2) is 12.1 Å². The van der Waals surface area contributed by atoms with Gasteiger partial charge in [-0.05, 0) is 6.07 Å². The van der Waals surface area contributed by atoms with Crippen LogP contribution in [0.4, 0.5) is 17.1 Å². The molecule has 9 N–H and O–H groups in total. The third kappa shape index (κ3) is 5.72. The normalized spacial score (nSPS) is 8.94. The first-order valence-electron chi connectivity index (χ1n) is 4.31. The van der Waals surface area contributed by atoms with Crippen molar-refractivity contribution in [3.05, 3.63) is 12.1 Å². The highest BCUT2D eigenvalue weighted by molar-refractivity contribution is 5.88. The van der Waals surface area contributed by atoms with Gasteiger partial charge >= 0.3 is 11.9 Å². The van der Waals surface area contributed by atoms with E-state index in [9.17, 15) is 9.59 Å². The Morgan fingerprint density at radius 3 is 1.65 bits per heavy atom. The average molecular weight is 243 g/mol. The number of aliphatic carboxylic acids is 2. The van der Waals surface area contributed by atoms with Gasteiger partial charge in [-0.25, -0.2) is 0 Å². The van der Waals surface area contributed by atoms with E-state index in [1.54, 1.807) is 0 Å². The van der Waals surface area contributed by atoms with Gasteiger partial charge in [0.15, 0.2) is 0 Å². The molecule has 0 aliphatic rings. The molecule has 0 aromatic heterocycles. The molecular weight excluding hydrogens is 230 g/mol. The maximum atomic E-state index is 9.43. The molecule has 0 heterocycles. The van der Waals surface area contributed by atoms with Crippen LogP contribution in [0.5, 0.6) is 5.75 Å². The molecule has 1 aromatic carbocycles. The third-order valence-corrected chi connectivity index (χ3v) is 1.53. The molecule has 0 bridgehead atoms. The zero-order valence-corrected chi connectivity index (χ0v) is 8.75. The number of rotatable bonds is 2. The molecule has 1 rings (SSSR count). The lowest BCUT2D eigenvalue weighted by atomic mass is 10.2. The van der Waals surface area contributed by atoms with Crippen LogP contribution >= 0.6 is 0 Å². The number of phenolic OH excluding ortho intramolecular Hbond substituents is 1. The van der Waals surface area contributed by atoms with Crippen LogP contribution in [0.25, 0.3) is 0 Å². The van der Waals surface area contributed by atoms with Crippen molar-refractivity contribution in [1.29, 1.82) is 0 Å². The number of benzene rings is 1. The van der Waals surface area contributed by atoms with Crippen molar-refractivity contribution < 1.29 is 24.9 Å². The molecular formula is C9H13N3O5. The summed E-state index contributed by atoms with van der Waals surface area (Å²) in [6.45, 7) is 0. The van der Waals surface area contributed by atoms with Crippen LogP contribution in [-0.4, -0.2) is 27.3 Å². The van der Waals surface area contributed by atoms with Gasteiger partial charge in [0, 0.05) is 6.07 Å². The van der Waals surface area contributed by atoms with Crippen LogP contribution in [0.2, 0.25) is 0 Å². The SMILES string of the molecule is Nc1cc(N)c(O)cc1N.O=C(O)CC(=O)O. The Morgan fingerprint density at radius 1 is 0.941 bits per heavy atom. The van der Waals surface area contributed by atoms with Gasteiger partial charge in [-0.1, -0.05) is 0 Å². The number of anilines is 3. The van der Waals surface area contributed by atoms with Crippen LogP contribution in [0, 0.1) is 0 Å².